The Morgan fingerprint density at radius 3 is 2.78 bits per heavy atom. The van der Waals surface area contributed by atoms with Crippen LogP contribution in [0.1, 0.15) is 38.2 Å². The molecule has 0 atom stereocenters. The van der Waals surface area contributed by atoms with Gasteiger partial charge < -0.3 is 15.2 Å². The van der Waals surface area contributed by atoms with Crippen molar-refractivity contribution in [2.75, 3.05) is 13.7 Å². The minimum absolute atomic E-state index is 0.337. The molecule has 1 fully saturated rings. The molecule has 18 heavy (non-hydrogen) atoms. The van der Waals surface area contributed by atoms with Crippen LogP contribution < -0.4 is 10.1 Å². The van der Waals surface area contributed by atoms with Crippen molar-refractivity contribution < 1.29 is 9.84 Å². The Kier molecular flexibility index (Phi) is 4.12. The van der Waals surface area contributed by atoms with E-state index >= 15 is 0 Å². The number of aromatic hydroxyl groups is 1. The van der Waals surface area contributed by atoms with Crippen LogP contribution in [0, 0.1) is 5.41 Å². The summed E-state index contributed by atoms with van der Waals surface area (Å²) >= 11 is 0. The van der Waals surface area contributed by atoms with Crippen LogP contribution in [0.25, 0.3) is 0 Å². The highest BCUT2D eigenvalue weighted by Crippen LogP contribution is 2.48. The van der Waals surface area contributed by atoms with Gasteiger partial charge in [-0.15, -0.1) is 0 Å². The average Bonchev–Trinajstić information content (AvgIpc) is 3.12. The highest BCUT2D eigenvalue weighted by molar-refractivity contribution is 5.39. The third-order valence-corrected chi connectivity index (χ3v) is 3.84. The van der Waals surface area contributed by atoms with Gasteiger partial charge in [0, 0.05) is 18.7 Å². The first-order chi connectivity index (χ1) is 8.69. The summed E-state index contributed by atoms with van der Waals surface area (Å²) in [5, 5.41) is 13.2. The molecule has 0 radical (unpaired) electrons. The number of nitrogens with one attached hydrogen (secondary N) is 1. The smallest absolute Gasteiger partial charge is 0.120 e. The lowest BCUT2D eigenvalue weighted by molar-refractivity contribution is 0.404. The van der Waals surface area contributed by atoms with Gasteiger partial charge in [0.05, 0.1) is 7.11 Å². The van der Waals surface area contributed by atoms with Crippen LogP contribution in [-0.4, -0.2) is 18.8 Å². The van der Waals surface area contributed by atoms with Gasteiger partial charge in [0.15, 0.2) is 0 Å². The largest absolute Gasteiger partial charge is 0.508 e. The van der Waals surface area contributed by atoms with Crippen molar-refractivity contribution in [1.82, 2.24) is 5.32 Å². The lowest BCUT2D eigenvalue weighted by Gasteiger charge is -2.15. The van der Waals surface area contributed by atoms with Crippen LogP contribution >= 0.6 is 0 Å². The first-order valence-corrected chi connectivity index (χ1v) is 6.76. The quantitative estimate of drug-likeness (QED) is 0.780. The molecule has 0 heterocycles. The van der Waals surface area contributed by atoms with Crippen molar-refractivity contribution in [2.24, 2.45) is 5.41 Å². The van der Waals surface area contributed by atoms with Gasteiger partial charge in [-0.3, -0.25) is 0 Å². The molecule has 0 unspecified atom stereocenters. The fraction of sp³-hybridized carbons (Fsp3) is 0.600. The summed E-state index contributed by atoms with van der Waals surface area (Å²) in [5.74, 6) is 1.13. The molecule has 2 rings (SSSR count). The number of hydrogen-bond acceptors (Lipinski definition) is 3. The third-order valence-electron chi connectivity index (χ3n) is 3.84. The Labute approximate surface area is 109 Å². The molecule has 0 aromatic heterocycles. The summed E-state index contributed by atoms with van der Waals surface area (Å²) in [6.45, 7) is 4.00. The van der Waals surface area contributed by atoms with Crippen molar-refractivity contribution >= 4 is 0 Å². The molecule has 0 bridgehead atoms. The molecule has 0 amide bonds. The van der Waals surface area contributed by atoms with Crippen LogP contribution in [0.15, 0.2) is 18.2 Å². The summed E-state index contributed by atoms with van der Waals surface area (Å²) in [6.07, 6.45) is 5.26. The third kappa shape index (κ3) is 3.16. The monoisotopic (exact) mass is 249 g/mol. The molecular formula is C15H23NO2. The summed E-state index contributed by atoms with van der Waals surface area (Å²) < 4.78 is 5.17. The maximum atomic E-state index is 9.78. The second kappa shape index (κ2) is 5.61. The maximum absolute atomic E-state index is 9.78. The Morgan fingerprint density at radius 2 is 2.17 bits per heavy atom. The number of benzene rings is 1. The molecule has 1 aromatic carbocycles. The number of rotatable bonds is 7. The number of phenolic OH excluding ortho intramolecular Hbond substituents is 1. The van der Waals surface area contributed by atoms with E-state index < -0.39 is 0 Å². The van der Waals surface area contributed by atoms with Gasteiger partial charge in [-0.2, -0.15) is 0 Å². The highest BCUT2D eigenvalue weighted by atomic mass is 16.5. The first-order valence-electron chi connectivity index (χ1n) is 6.76. The highest BCUT2D eigenvalue weighted by Gasteiger charge is 2.40. The lowest BCUT2D eigenvalue weighted by Crippen LogP contribution is -2.23. The van der Waals surface area contributed by atoms with E-state index in [4.69, 9.17) is 4.74 Å². The molecule has 3 heteroatoms. The van der Waals surface area contributed by atoms with E-state index in [2.05, 4.69) is 12.2 Å². The van der Waals surface area contributed by atoms with Crippen LogP contribution in [0.4, 0.5) is 0 Å². The van der Waals surface area contributed by atoms with E-state index in [9.17, 15) is 5.11 Å². The summed E-state index contributed by atoms with van der Waals surface area (Å²) in [5.41, 5.74) is 1.45. The van der Waals surface area contributed by atoms with Gasteiger partial charge in [-0.1, -0.05) is 13.3 Å². The molecule has 1 saturated carbocycles. The summed E-state index contributed by atoms with van der Waals surface area (Å²) in [7, 11) is 1.64. The van der Waals surface area contributed by atoms with Crippen molar-refractivity contribution in [3.8, 4) is 11.5 Å². The van der Waals surface area contributed by atoms with Gasteiger partial charge in [-0.05, 0) is 42.9 Å². The number of ether oxygens (including phenoxy) is 1. The topological polar surface area (TPSA) is 41.5 Å². The van der Waals surface area contributed by atoms with Gasteiger partial charge in [-0.25, -0.2) is 0 Å². The molecule has 0 spiro atoms. The Balaban J connectivity index is 1.86. The number of methoxy groups -OCH3 is 1. The van der Waals surface area contributed by atoms with E-state index in [1.54, 1.807) is 19.2 Å². The number of phenols is 1. The van der Waals surface area contributed by atoms with Crippen molar-refractivity contribution in [3.63, 3.8) is 0 Å². The van der Waals surface area contributed by atoms with E-state index in [0.717, 1.165) is 17.9 Å². The second-order valence-electron chi connectivity index (χ2n) is 5.35. The van der Waals surface area contributed by atoms with E-state index in [1.807, 2.05) is 6.07 Å². The zero-order valence-electron chi connectivity index (χ0n) is 11.3. The molecule has 0 saturated heterocycles. The molecule has 3 nitrogen and oxygen atoms in total. The van der Waals surface area contributed by atoms with Crippen LogP contribution in [0.2, 0.25) is 0 Å². The molecular weight excluding hydrogens is 226 g/mol. The zero-order valence-corrected chi connectivity index (χ0v) is 11.3. The van der Waals surface area contributed by atoms with Crippen molar-refractivity contribution in [3.05, 3.63) is 23.8 Å². The Bertz CT molecular complexity index is 399. The predicted octanol–water partition coefficient (Wildman–Crippen LogP) is 3.07. The van der Waals surface area contributed by atoms with Gasteiger partial charge in [0.25, 0.3) is 0 Å². The van der Waals surface area contributed by atoms with Gasteiger partial charge in [0.2, 0.25) is 0 Å². The minimum atomic E-state index is 0.337. The van der Waals surface area contributed by atoms with E-state index in [0.29, 0.717) is 17.7 Å². The van der Waals surface area contributed by atoms with Crippen LogP contribution in [0.5, 0.6) is 11.5 Å². The average molecular weight is 249 g/mol. The van der Waals surface area contributed by atoms with Crippen molar-refractivity contribution in [2.45, 2.75) is 39.2 Å². The normalized spacial score (nSPS) is 16.6. The molecule has 1 aliphatic rings. The Hall–Kier alpha value is -1.22. The first kappa shape index (κ1) is 13.2. The maximum Gasteiger partial charge on any atom is 0.120 e. The Morgan fingerprint density at radius 1 is 1.39 bits per heavy atom. The van der Waals surface area contributed by atoms with Gasteiger partial charge in [0.1, 0.15) is 11.5 Å². The molecule has 1 aromatic rings. The van der Waals surface area contributed by atoms with E-state index in [-0.39, 0.29) is 0 Å². The summed E-state index contributed by atoms with van der Waals surface area (Å²) in [4.78, 5) is 0. The van der Waals surface area contributed by atoms with E-state index in [1.165, 1.54) is 25.7 Å². The fourth-order valence-corrected chi connectivity index (χ4v) is 2.52. The SMILES string of the molecule is CCCC1(CNCc2cc(OC)ccc2O)CC1. The second-order valence-corrected chi connectivity index (χ2v) is 5.35. The van der Waals surface area contributed by atoms with Crippen LogP contribution in [0.3, 0.4) is 0 Å². The standard InChI is InChI=1S/C15H23NO2/c1-3-6-15(7-8-15)11-16-10-12-9-13(18-2)4-5-14(12)17/h4-5,9,16-17H,3,6-8,10-11H2,1-2H3. The molecule has 2 N–H and O–H groups in total. The summed E-state index contributed by atoms with van der Waals surface area (Å²) in [6, 6.07) is 5.36. The lowest BCUT2D eigenvalue weighted by atomic mass is 10.0. The molecule has 100 valence electrons. The van der Waals surface area contributed by atoms with Crippen molar-refractivity contribution in [1.29, 1.82) is 0 Å². The zero-order chi connectivity index (χ0) is 13.0. The molecule has 1 aliphatic carbocycles. The fourth-order valence-electron chi connectivity index (χ4n) is 2.52. The van der Waals surface area contributed by atoms with Crippen LogP contribution in [-0.2, 0) is 6.54 Å². The minimum Gasteiger partial charge on any atom is -0.508 e. The molecule has 0 aliphatic heterocycles. The predicted molar refractivity (Wildman–Crippen MR) is 72.9 cm³/mol. The van der Waals surface area contributed by atoms with Gasteiger partial charge >= 0.3 is 0 Å². The number of hydrogen-bond donors (Lipinski definition) is 2.